The predicted molar refractivity (Wildman–Crippen MR) is 60.5 cm³/mol. The lowest BCUT2D eigenvalue weighted by Crippen LogP contribution is -2.43. The summed E-state index contributed by atoms with van der Waals surface area (Å²) in [5.41, 5.74) is 0.425. The third kappa shape index (κ3) is 2.33. The molecule has 0 aromatic carbocycles. The molecule has 15 heavy (non-hydrogen) atoms. The predicted octanol–water partition coefficient (Wildman–Crippen LogP) is 1.29. The molecular weight excluding hydrogens is 188 g/mol. The summed E-state index contributed by atoms with van der Waals surface area (Å²) in [7, 11) is 0. The van der Waals surface area contributed by atoms with Crippen LogP contribution in [0.15, 0.2) is 0 Å². The minimum Gasteiger partial charge on any atom is -0.354 e. The van der Waals surface area contributed by atoms with Crippen molar-refractivity contribution in [3.8, 4) is 0 Å². The fraction of sp³-hybridized carbons (Fsp3) is 0.917. The normalized spacial score (nSPS) is 28.1. The van der Waals surface area contributed by atoms with Gasteiger partial charge >= 0.3 is 0 Å². The first-order chi connectivity index (χ1) is 7.14. The Bertz CT molecular complexity index is 240. The highest BCUT2D eigenvalue weighted by Crippen LogP contribution is 2.51. The van der Waals surface area contributed by atoms with Crippen LogP contribution in [0.5, 0.6) is 0 Å². The lowest BCUT2D eigenvalue weighted by molar-refractivity contribution is -0.123. The molecule has 0 spiro atoms. The topological polar surface area (TPSA) is 41.1 Å². The summed E-state index contributed by atoms with van der Waals surface area (Å²) in [6.07, 6.45) is 4.69. The Morgan fingerprint density at radius 1 is 1.53 bits per heavy atom. The minimum absolute atomic E-state index is 0.0768. The number of nitrogens with one attached hydrogen (secondary N) is 2. The van der Waals surface area contributed by atoms with Gasteiger partial charge in [-0.3, -0.25) is 4.79 Å². The number of hydrogen-bond donors (Lipinski definition) is 2. The van der Waals surface area contributed by atoms with E-state index in [1.165, 1.54) is 12.8 Å². The van der Waals surface area contributed by atoms with Crippen LogP contribution in [-0.4, -0.2) is 25.0 Å². The van der Waals surface area contributed by atoms with Crippen LogP contribution in [0.25, 0.3) is 0 Å². The molecule has 2 rings (SSSR count). The second-order valence-electron chi connectivity index (χ2n) is 5.38. The van der Waals surface area contributed by atoms with Gasteiger partial charge in [-0.1, -0.05) is 13.8 Å². The van der Waals surface area contributed by atoms with Gasteiger partial charge in [-0.2, -0.15) is 0 Å². The molecule has 2 aliphatic rings. The van der Waals surface area contributed by atoms with E-state index in [0.717, 1.165) is 25.9 Å². The van der Waals surface area contributed by atoms with Crippen molar-refractivity contribution in [3.05, 3.63) is 0 Å². The van der Waals surface area contributed by atoms with Gasteiger partial charge in [0.05, 0.1) is 6.04 Å². The number of rotatable bonds is 4. The zero-order valence-corrected chi connectivity index (χ0v) is 9.81. The molecule has 1 amide bonds. The molecule has 0 aromatic heterocycles. The van der Waals surface area contributed by atoms with Crippen LogP contribution in [0.3, 0.4) is 0 Å². The van der Waals surface area contributed by atoms with E-state index in [4.69, 9.17) is 0 Å². The molecule has 1 aliphatic carbocycles. The molecule has 1 atom stereocenters. The number of amides is 1. The number of carbonyl (C=O) groups excluding carboxylic acids is 1. The van der Waals surface area contributed by atoms with Crippen molar-refractivity contribution in [1.82, 2.24) is 10.6 Å². The molecular formula is C12H22N2O. The summed E-state index contributed by atoms with van der Waals surface area (Å²) in [5.74, 6) is 0.897. The van der Waals surface area contributed by atoms with Crippen molar-refractivity contribution in [1.29, 1.82) is 0 Å². The lowest BCUT2D eigenvalue weighted by Gasteiger charge is -2.21. The molecule has 0 bridgehead atoms. The smallest absolute Gasteiger partial charge is 0.237 e. The fourth-order valence-corrected chi connectivity index (χ4v) is 2.41. The Morgan fingerprint density at radius 3 is 2.73 bits per heavy atom. The van der Waals surface area contributed by atoms with E-state index in [2.05, 4.69) is 24.5 Å². The Labute approximate surface area is 92.0 Å². The standard InChI is InChI=1S/C12H22N2O/c1-9(2)12(5-6-12)8-14-11(15)10-4-3-7-13-10/h9-10,13H,3-8H2,1-2H3,(H,14,15)/t10-/m0/s1. The maximum atomic E-state index is 11.8. The molecule has 2 fully saturated rings. The van der Waals surface area contributed by atoms with Crippen molar-refractivity contribution in [2.45, 2.75) is 45.6 Å². The third-order valence-corrected chi connectivity index (χ3v) is 4.11. The largest absolute Gasteiger partial charge is 0.354 e. The highest BCUT2D eigenvalue weighted by atomic mass is 16.2. The first-order valence-corrected chi connectivity index (χ1v) is 6.15. The Morgan fingerprint density at radius 2 is 2.27 bits per heavy atom. The van der Waals surface area contributed by atoms with E-state index in [-0.39, 0.29) is 11.9 Å². The molecule has 1 saturated heterocycles. The molecule has 3 heteroatoms. The highest BCUT2D eigenvalue weighted by Gasteiger charge is 2.45. The average Bonchev–Trinajstić information content (AvgIpc) is 2.80. The molecule has 2 N–H and O–H groups in total. The summed E-state index contributed by atoms with van der Waals surface area (Å²) < 4.78 is 0. The molecule has 3 nitrogen and oxygen atoms in total. The van der Waals surface area contributed by atoms with Crippen LogP contribution in [-0.2, 0) is 4.79 Å². The van der Waals surface area contributed by atoms with Crippen molar-refractivity contribution >= 4 is 5.91 Å². The van der Waals surface area contributed by atoms with E-state index in [1.807, 2.05) is 0 Å². The summed E-state index contributed by atoms with van der Waals surface area (Å²) >= 11 is 0. The zero-order valence-electron chi connectivity index (χ0n) is 9.81. The second kappa shape index (κ2) is 4.12. The van der Waals surface area contributed by atoms with Crippen molar-refractivity contribution in [3.63, 3.8) is 0 Å². The Balaban J connectivity index is 1.75. The molecule has 0 aromatic rings. The Hall–Kier alpha value is -0.570. The number of carbonyl (C=O) groups is 1. The van der Waals surface area contributed by atoms with Crippen LogP contribution < -0.4 is 10.6 Å². The van der Waals surface area contributed by atoms with E-state index < -0.39 is 0 Å². The van der Waals surface area contributed by atoms with Crippen LogP contribution in [0.4, 0.5) is 0 Å². The summed E-state index contributed by atoms with van der Waals surface area (Å²) in [5, 5.41) is 6.34. The van der Waals surface area contributed by atoms with Gasteiger partial charge in [-0.25, -0.2) is 0 Å². The van der Waals surface area contributed by atoms with Crippen LogP contribution >= 0.6 is 0 Å². The zero-order chi connectivity index (χ0) is 10.9. The van der Waals surface area contributed by atoms with Gasteiger partial charge < -0.3 is 10.6 Å². The molecule has 0 radical (unpaired) electrons. The summed E-state index contributed by atoms with van der Waals surface area (Å²) in [4.78, 5) is 11.8. The molecule has 1 saturated carbocycles. The van der Waals surface area contributed by atoms with Gasteiger partial charge in [-0.05, 0) is 43.6 Å². The maximum absolute atomic E-state index is 11.8. The van der Waals surface area contributed by atoms with Gasteiger partial charge in [0.25, 0.3) is 0 Å². The molecule has 1 aliphatic heterocycles. The Kier molecular flexibility index (Phi) is 3.01. The van der Waals surface area contributed by atoms with E-state index >= 15 is 0 Å². The van der Waals surface area contributed by atoms with Crippen LogP contribution in [0, 0.1) is 11.3 Å². The van der Waals surface area contributed by atoms with Crippen LogP contribution in [0.1, 0.15) is 39.5 Å². The van der Waals surface area contributed by atoms with E-state index in [1.54, 1.807) is 0 Å². The van der Waals surface area contributed by atoms with Crippen molar-refractivity contribution in [2.75, 3.05) is 13.1 Å². The molecule has 0 unspecified atom stereocenters. The monoisotopic (exact) mass is 210 g/mol. The number of hydrogen-bond acceptors (Lipinski definition) is 2. The third-order valence-electron chi connectivity index (χ3n) is 4.11. The average molecular weight is 210 g/mol. The van der Waals surface area contributed by atoms with E-state index in [0.29, 0.717) is 11.3 Å². The van der Waals surface area contributed by atoms with Crippen LogP contribution in [0.2, 0.25) is 0 Å². The van der Waals surface area contributed by atoms with Gasteiger partial charge in [-0.15, -0.1) is 0 Å². The maximum Gasteiger partial charge on any atom is 0.237 e. The second-order valence-corrected chi connectivity index (χ2v) is 5.38. The van der Waals surface area contributed by atoms with Gasteiger partial charge in [0, 0.05) is 6.54 Å². The molecule has 1 heterocycles. The van der Waals surface area contributed by atoms with Crippen molar-refractivity contribution in [2.24, 2.45) is 11.3 Å². The van der Waals surface area contributed by atoms with E-state index in [9.17, 15) is 4.79 Å². The lowest BCUT2D eigenvalue weighted by atomic mass is 9.92. The minimum atomic E-state index is 0.0768. The highest BCUT2D eigenvalue weighted by molar-refractivity contribution is 5.82. The SMILES string of the molecule is CC(C)C1(CNC(=O)[C@@H]2CCCN2)CC1. The fourth-order valence-electron chi connectivity index (χ4n) is 2.41. The first kappa shape index (κ1) is 10.9. The van der Waals surface area contributed by atoms with Crippen molar-refractivity contribution < 1.29 is 4.79 Å². The van der Waals surface area contributed by atoms with Gasteiger partial charge in [0.15, 0.2) is 0 Å². The van der Waals surface area contributed by atoms with Gasteiger partial charge in [0.2, 0.25) is 5.91 Å². The molecule has 86 valence electrons. The van der Waals surface area contributed by atoms with Gasteiger partial charge in [0.1, 0.15) is 0 Å². The summed E-state index contributed by atoms with van der Waals surface area (Å²) in [6, 6.07) is 0.0768. The first-order valence-electron chi connectivity index (χ1n) is 6.15. The summed E-state index contributed by atoms with van der Waals surface area (Å²) in [6.45, 7) is 6.38. The quantitative estimate of drug-likeness (QED) is 0.734.